The van der Waals surface area contributed by atoms with Gasteiger partial charge >= 0.3 is 0 Å². The lowest BCUT2D eigenvalue weighted by atomic mass is 9.94. The van der Waals surface area contributed by atoms with E-state index >= 15 is 0 Å². The number of benzene rings is 1. The molecule has 9 heteroatoms. The number of fused-ring (bicyclic) bond motifs is 1. The maximum atomic E-state index is 13.4. The predicted molar refractivity (Wildman–Crippen MR) is 101 cm³/mol. The molecule has 1 amide bonds. The van der Waals surface area contributed by atoms with E-state index in [0.29, 0.717) is 50.2 Å². The molecule has 1 fully saturated rings. The molecule has 1 aromatic carbocycles. The molecule has 3 heterocycles. The predicted octanol–water partition coefficient (Wildman–Crippen LogP) is 1.53. The number of nitrogens with zero attached hydrogens (tertiary/aromatic N) is 4. The SMILES string of the molecule is CCOc1cc([C@H]2C(C(=O)N3CCOCC3)=C(C)Nc3ncnn32)ccc1O. The van der Waals surface area contributed by atoms with Gasteiger partial charge in [0.1, 0.15) is 12.4 Å². The van der Waals surface area contributed by atoms with Crippen LogP contribution in [0.5, 0.6) is 11.5 Å². The lowest BCUT2D eigenvalue weighted by Gasteiger charge is -2.34. The molecule has 148 valence electrons. The third-order valence-electron chi connectivity index (χ3n) is 4.92. The molecule has 4 rings (SSSR count). The number of hydrogen-bond acceptors (Lipinski definition) is 7. The van der Waals surface area contributed by atoms with Crippen molar-refractivity contribution in [3.05, 3.63) is 41.4 Å². The molecule has 9 nitrogen and oxygen atoms in total. The van der Waals surface area contributed by atoms with Gasteiger partial charge < -0.3 is 24.8 Å². The van der Waals surface area contributed by atoms with Crippen molar-refractivity contribution in [3.63, 3.8) is 0 Å². The van der Waals surface area contributed by atoms with E-state index in [2.05, 4.69) is 15.4 Å². The number of aromatic nitrogens is 3. The van der Waals surface area contributed by atoms with Gasteiger partial charge in [0.15, 0.2) is 11.5 Å². The summed E-state index contributed by atoms with van der Waals surface area (Å²) in [4.78, 5) is 19.4. The molecule has 28 heavy (non-hydrogen) atoms. The Morgan fingerprint density at radius 2 is 2.18 bits per heavy atom. The van der Waals surface area contributed by atoms with Crippen LogP contribution in [0, 0.1) is 0 Å². The Balaban J connectivity index is 1.79. The van der Waals surface area contributed by atoms with Gasteiger partial charge in [0.05, 0.1) is 25.4 Å². The number of morpholine rings is 1. The molecule has 0 aliphatic carbocycles. The van der Waals surface area contributed by atoms with Crippen LogP contribution in [-0.2, 0) is 9.53 Å². The van der Waals surface area contributed by atoms with E-state index in [4.69, 9.17) is 9.47 Å². The van der Waals surface area contributed by atoms with Crippen molar-refractivity contribution < 1.29 is 19.4 Å². The molecule has 0 radical (unpaired) electrons. The maximum Gasteiger partial charge on any atom is 0.254 e. The second-order valence-electron chi connectivity index (χ2n) is 6.66. The van der Waals surface area contributed by atoms with Gasteiger partial charge in [-0.15, -0.1) is 0 Å². The van der Waals surface area contributed by atoms with Gasteiger partial charge in [-0.3, -0.25) is 4.79 Å². The Morgan fingerprint density at radius 3 is 2.93 bits per heavy atom. The van der Waals surface area contributed by atoms with Crippen LogP contribution in [-0.4, -0.2) is 63.6 Å². The minimum absolute atomic E-state index is 0.0557. The summed E-state index contributed by atoms with van der Waals surface area (Å²) >= 11 is 0. The molecule has 1 atom stereocenters. The van der Waals surface area contributed by atoms with E-state index in [9.17, 15) is 9.90 Å². The zero-order valence-corrected chi connectivity index (χ0v) is 15.9. The minimum Gasteiger partial charge on any atom is -0.504 e. The van der Waals surface area contributed by atoms with Crippen LogP contribution in [0.3, 0.4) is 0 Å². The summed E-state index contributed by atoms with van der Waals surface area (Å²) in [7, 11) is 0. The molecule has 0 spiro atoms. The molecular weight excluding hydrogens is 362 g/mol. The van der Waals surface area contributed by atoms with Crippen molar-refractivity contribution in [2.24, 2.45) is 0 Å². The molecule has 0 saturated carbocycles. The zero-order valence-electron chi connectivity index (χ0n) is 15.9. The number of phenolic OH excluding ortho intramolecular Hbond substituents is 1. The van der Waals surface area contributed by atoms with Gasteiger partial charge in [-0.2, -0.15) is 10.1 Å². The monoisotopic (exact) mass is 385 g/mol. The number of carbonyl (C=O) groups is 1. The summed E-state index contributed by atoms with van der Waals surface area (Å²) in [5, 5.41) is 17.6. The van der Waals surface area contributed by atoms with Crippen LogP contribution in [0.2, 0.25) is 0 Å². The van der Waals surface area contributed by atoms with Crippen molar-refractivity contribution >= 4 is 11.9 Å². The van der Waals surface area contributed by atoms with Crippen LogP contribution in [0.1, 0.15) is 25.5 Å². The van der Waals surface area contributed by atoms with Gasteiger partial charge in [-0.1, -0.05) is 6.07 Å². The fraction of sp³-hybridized carbons (Fsp3) is 0.421. The van der Waals surface area contributed by atoms with Crippen LogP contribution >= 0.6 is 0 Å². The third-order valence-corrected chi connectivity index (χ3v) is 4.92. The van der Waals surface area contributed by atoms with Crippen molar-refractivity contribution in [2.45, 2.75) is 19.9 Å². The van der Waals surface area contributed by atoms with Crippen molar-refractivity contribution in [1.82, 2.24) is 19.7 Å². The first-order valence-corrected chi connectivity index (χ1v) is 9.30. The molecule has 0 bridgehead atoms. The number of rotatable bonds is 4. The second kappa shape index (κ2) is 7.51. The molecule has 2 N–H and O–H groups in total. The Kier molecular flexibility index (Phi) is 4.91. The summed E-state index contributed by atoms with van der Waals surface area (Å²) in [6.45, 7) is 6.29. The quantitative estimate of drug-likeness (QED) is 0.823. The van der Waals surface area contributed by atoms with Crippen molar-refractivity contribution in [2.75, 3.05) is 38.2 Å². The Labute approximate surface area is 162 Å². The summed E-state index contributed by atoms with van der Waals surface area (Å²) in [5.74, 6) is 0.925. The highest BCUT2D eigenvalue weighted by Crippen LogP contribution is 2.38. The number of amides is 1. The molecule has 2 aromatic rings. The van der Waals surface area contributed by atoms with Gasteiger partial charge in [-0.25, -0.2) is 4.68 Å². The topological polar surface area (TPSA) is 102 Å². The first kappa shape index (κ1) is 18.3. The molecule has 1 aromatic heterocycles. The molecule has 0 unspecified atom stereocenters. The third kappa shape index (κ3) is 3.18. The standard InChI is InChI=1S/C19H23N5O4/c1-3-28-15-10-13(4-5-14(15)25)17-16(18(26)23-6-8-27-9-7-23)12(2)22-19-20-11-21-24(17)19/h4-5,10-11,17,25H,3,6-9H2,1-2H3,(H,20,21,22)/t17-/m0/s1. The summed E-state index contributed by atoms with van der Waals surface area (Å²) in [5.41, 5.74) is 2.10. The first-order valence-electron chi connectivity index (χ1n) is 9.30. The van der Waals surface area contributed by atoms with Crippen LogP contribution in [0.4, 0.5) is 5.95 Å². The van der Waals surface area contributed by atoms with Gasteiger partial charge in [0, 0.05) is 18.8 Å². The fourth-order valence-electron chi connectivity index (χ4n) is 3.58. The average Bonchev–Trinajstić information content (AvgIpc) is 3.17. The van der Waals surface area contributed by atoms with E-state index in [1.165, 1.54) is 6.33 Å². The number of hydrogen-bond donors (Lipinski definition) is 2. The highest BCUT2D eigenvalue weighted by molar-refractivity contribution is 5.96. The number of carbonyl (C=O) groups excluding carboxylic acids is 1. The van der Waals surface area contributed by atoms with Crippen molar-refractivity contribution in [1.29, 1.82) is 0 Å². The Morgan fingerprint density at radius 1 is 1.39 bits per heavy atom. The average molecular weight is 385 g/mol. The van der Waals surface area contributed by atoms with E-state index in [0.717, 1.165) is 11.3 Å². The van der Waals surface area contributed by atoms with Crippen LogP contribution in [0.25, 0.3) is 0 Å². The van der Waals surface area contributed by atoms with Crippen LogP contribution < -0.4 is 10.1 Å². The fourth-order valence-corrected chi connectivity index (χ4v) is 3.58. The van der Waals surface area contributed by atoms with Crippen molar-refractivity contribution in [3.8, 4) is 11.5 Å². The molecule has 2 aliphatic heterocycles. The summed E-state index contributed by atoms with van der Waals surface area (Å²) in [6.07, 6.45) is 1.45. The number of phenols is 1. The number of allylic oxidation sites excluding steroid dienone is 1. The van der Waals surface area contributed by atoms with E-state index in [-0.39, 0.29) is 11.7 Å². The van der Waals surface area contributed by atoms with E-state index in [1.54, 1.807) is 27.8 Å². The number of ether oxygens (including phenoxy) is 2. The minimum atomic E-state index is -0.478. The second-order valence-corrected chi connectivity index (χ2v) is 6.66. The Bertz CT molecular complexity index is 917. The lowest BCUT2D eigenvalue weighted by molar-refractivity contribution is -0.131. The van der Waals surface area contributed by atoms with E-state index < -0.39 is 6.04 Å². The zero-order chi connectivity index (χ0) is 19.7. The summed E-state index contributed by atoms with van der Waals surface area (Å²) < 4.78 is 12.6. The number of nitrogens with one attached hydrogen (secondary N) is 1. The smallest absolute Gasteiger partial charge is 0.254 e. The lowest BCUT2D eigenvalue weighted by Crippen LogP contribution is -2.44. The van der Waals surface area contributed by atoms with E-state index in [1.807, 2.05) is 13.8 Å². The van der Waals surface area contributed by atoms with Gasteiger partial charge in [0.2, 0.25) is 5.95 Å². The summed E-state index contributed by atoms with van der Waals surface area (Å²) in [6, 6.07) is 4.62. The first-order chi connectivity index (χ1) is 13.6. The molecule has 2 aliphatic rings. The largest absolute Gasteiger partial charge is 0.504 e. The number of anilines is 1. The van der Waals surface area contributed by atoms with Crippen LogP contribution in [0.15, 0.2) is 35.8 Å². The molecule has 1 saturated heterocycles. The maximum absolute atomic E-state index is 13.4. The normalized spacial score (nSPS) is 19.2. The number of aromatic hydroxyl groups is 1. The highest BCUT2D eigenvalue weighted by Gasteiger charge is 2.36. The van der Waals surface area contributed by atoms with Gasteiger partial charge in [0.25, 0.3) is 5.91 Å². The highest BCUT2D eigenvalue weighted by atomic mass is 16.5. The Hall–Kier alpha value is -3.07. The van der Waals surface area contributed by atoms with Gasteiger partial charge in [-0.05, 0) is 31.5 Å². The molecular formula is C19H23N5O4.